The van der Waals surface area contributed by atoms with Crippen LogP contribution in [0.25, 0.3) is 0 Å². The second kappa shape index (κ2) is 4.34. The van der Waals surface area contributed by atoms with Gasteiger partial charge in [-0.1, -0.05) is 6.92 Å². The van der Waals surface area contributed by atoms with E-state index in [1.165, 1.54) is 0 Å². The van der Waals surface area contributed by atoms with Gasteiger partial charge in [-0.25, -0.2) is 8.78 Å². The minimum absolute atomic E-state index is 0.151. The minimum Gasteiger partial charge on any atom is -0.306 e. The van der Waals surface area contributed by atoms with Crippen LogP contribution in [0.15, 0.2) is 0 Å². The molecule has 2 nitrogen and oxygen atoms in total. The first-order valence-electron chi connectivity index (χ1n) is 5.94. The first kappa shape index (κ1) is 11.3. The fourth-order valence-electron chi connectivity index (χ4n) is 2.96. The largest absolute Gasteiger partial charge is 0.306 e. The Labute approximate surface area is 90.0 Å². The third-order valence-corrected chi connectivity index (χ3v) is 3.94. The summed E-state index contributed by atoms with van der Waals surface area (Å²) in [6.07, 6.45) is 0.232. The van der Waals surface area contributed by atoms with Crippen molar-refractivity contribution in [1.82, 2.24) is 10.2 Å². The third-order valence-electron chi connectivity index (χ3n) is 3.94. The summed E-state index contributed by atoms with van der Waals surface area (Å²) >= 11 is 0. The Morgan fingerprint density at radius 1 is 1.47 bits per heavy atom. The highest BCUT2D eigenvalue weighted by atomic mass is 19.3. The third kappa shape index (κ3) is 1.89. The molecular formula is C11H20F2N2. The second-order valence-corrected chi connectivity index (χ2v) is 4.80. The average Bonchev–Trinajstić information content (AvgIpc) is 2.62. The van der Waals surface area contributed by atoms with Crippen LogP contribution in [0.1, 0.15) is 26.2 Å². The molecule has 3 atom stereocenters. The van der Waals surface area contributed by atoms with Gasteiger partial charge in [0, 0.05) is 13.1 Å². The first-order valence-corrected chi connectivity index (χ1v) is 5.94. The van der Waals surface area contributed by atoms with Crippen LogP contribution in [0, 0.1) is 5.92 Å². The van der Waals surface area contributed by atoms with Crippen LogP contribution < -0.4 is 5.32 Å². The SMILES string of the molecule is CCCNC1(C(F)F)CCN2CCC1C2. The average molecular weight is 218 g/mol. The van der Waals surface area contributed by atoms with Crippen molar-refractivity contribution in [3.8, 4) is 0 Å². The second-order valence-electron chi connectivity index (χ2n) is 4.80. The number of nitrogens with zero attached hydrogens (tertiary/aromatic N) is 1. The maximum atomic E-state index is 13.3. The van der Waals surface area contributed by atoms with Crippen molar-refractivity contribution < 1.29 is 8.78 Å². The van der Waals surface area contributed by atoms with E-state index in [0.717, 1.165) is 32.5 Å². The van der Waals surface area contributed by atoms with Gasteiger partial charge in [0.25, 0.3) is 6.43 Å². The molecule has 0 saturated carbocycles. The van der Waals surface area contributed by atoms with Crippen molar-refractivity contribution in [2.24, 2.45) is 5.92 Å². The summed E-state index contributed by atoms with van der Waals surface area (Å²) in [5, 5.41) is 3.14. The fraction of sp³-hybridized carbons (Fsp3) is 1.00. The van der Waals surface area contributed by atoms with Crippen LogP contribution in [-0.4, -0.2) is 43.0 Å². The van der Waals surface area contributed by atoms with Crippen LogP contribution in [0.3, 0.4) is 0 Å². The van der Waals surface area contributed by atoms with Crippen LogP contribution in [0.2, 0.25) is 0 Å². The number of alkyl halides is 2. The molecule has 0 spiro atoms. The molecule has 2 fully saturated rings. The predicted octanol–water partition coefficient (Wildman–Crippen LogP) is 1.72. The maximum absolute atomic E-state index is 13.3. The summed E-state index contributed by atoms with van der Waals surface area (Å²) in [5.41, 5.74) is -0.886. The summed E-state index contributed by atoms with van der Waals surface area (Å²) in [4.78, 5) is 2.30. The van der Waals surface area contributed by atoms with E-state index >= 15 is 0 Å². The molecule has 0 aromatic rings. The van der Waals surface area contributed by atoms with E-state index in [2.05, 4.69) is 10.2 Å². The summed E-state index contributed by atoms with van der Waals surface area (Å²) in [6.45, 7) is 5.43. The molecule has 0 amide bonds. The standard InChI is InChI=1S/C11H20F2N2/c1-2-5-14-11(10(12)13)4-7-15-6-3-9(11)8-15/h9-10,14H,2-8H2,1H3. The van der Waals surface area contributed by atoms with Gasteiger partial charge in [-0.15, -0.1) is 0 Å². The van der Waals surface area contributed by atoms with Crippen LogP contribution in [0.4, 0.5) is 8.78 Å². The van der Waals surface area contributed by atoms with E-state index in [1.54, 1.807) is 0 Å². The Balaban J connectivity index is 2.10. The molecule has 2 heterocycles. The lowest BCUT2D eigenvalue weighted by molar-refractivity contribution is -0.0272. The number of piperidine rings is 1. The Morgan fingerprint density at radius 3 is 2.93 bits per heavy atom. The summed E-state index contributed by atoms with van der Waals surface area (Å²) in [5.74, 6) is 0.151. The Bertz CT molecular complexity index is 223. The normalized spacial score (nSPS) is 40.0. The lowest BCUT2D eigenvalue weighted by atomic mass is 9.79. The molecule has 2 aliphatic heterocycles. The fourth-order valence-corrected chi connectivity index (χ4v) is 2.96. The van der Waals surface area contributed by atoms with Gasteiger partial charge in [-0.3, -0.25) is 0 Å². The molecule has 2 aliphatic rings. The zero-order valence-electron chi connectivity index (χ0n) is 9.31. The molecule has 3 unspecified atom stereocenters. The zero-order chi connectivity index (χ0) is 10.9. The van der Waals surface area contributed by atoms with Gasteiger partial charge in [0.05, 0.1) is 5.54 Å². The Morgan fingerprint density at radius 2 is 2.27 bits per heavy atom. The summed E-state index contributed by atoms with van der Waals surface area (Å²) in [7, 11) is 0. The van der Waals surface area contributed by atoms with E-state index in [-0.39, 0.29) is 5.92 Å². The van der Waals surface area contributed by atoms with Gasteiger partial charge < -0.3 is 10.2 Å². The number of fused-ring (bicyclic) bond motifs is 2. The molecule has 0 aromatic carbocycles. The van der Waals surface area contributed by atoms with E-state index < -0.39 is 12.0 Å². The van der Waals surface area contributed by atoms with Crippen molar-refractivity contribution in [2.75, 3.05) is 26.2 Å². The van der Waals surface area contributed by atoms with Crippen molar-refractivity contribution in [3.05, 3.63) is 0 Å². The van der Waals surface area contributed by atoms with E-state index in [9.17, 15) is 8.78 Å². The lowest BCUT2D eigenvalue weighted by Crippen LogP contribution is -2.61. The molecule has 1 N–H and O–H groups in total. The molecule has 2 bridgehead atoms. The predicted molar refractivity (Wildman–Crippen MR) is 56.2 cm³/mol. The molecule has 0 radical (unpaired) electrons. The number of rotatable bonds is 4. The highest BCUT2D eigenvalue weighted by Crippen LogP contribution is 2.39. The van der Waals surface area contributed by atoms with Gasteiger partial charge in [0.1, 0.15) is 0 Å². The zero-order valence-corrected chi connectivity index (χ0v) is 9.31. The molecule has 88 valence electrons. The summed E-state index contributed by atoms with van der Waals surface area (Å²) < 4.78 is 26.5. The van der Waals surface area contributed by atoms with Crippen molar-refractivity contribution in [2.45, 2.75) is 38.2 Å². The smallest absolute Gasteiger partial charge is 0.256 e. The maximum Gasteiger partial charge on any atom is 0.256 e. The van der Waals surface area contributed by atoms with Gasteiger partial charge in [-0.2, -0.15) is 0 Å². The monoisotopic (exact) mass is 218 g/mol. The topological polar surface area (TPSA) is 15.3 Å². The molecule has 15 heavy (non-hydrogen) atoms. The minimum atomic E-state index is -2.23. The van der Waals surface area contributed by atoms with Crippen LogP contribution >= 0.6 is 0 Å². The highest BCUT2D eigenvalue weighted by Gasteiger charge is 2.51. The molecule has 4 heteroatoms. The van der Waals surface area contributed by atoms with Crippen molar-refractivity contribution in [3.63, 3.8) is 0 Å². The van der Waals surface area contributed by atoms with Gasteiger partial charge in [0.15, 0.2) is 0 Å². The molecule has 0 aromatic heterocycles. The van der Waals surface area contributed by atoms with Crippen molar-refractivity contribution in [1.29, 1.82) is 0 Å². The quantitative estimate of drug-likeness (QED) is 0.773. The number of hydrogen-bond donors (Lipinski definition) is 1. The van der Waals surface area contributed by atoms with Crippen LogP contribution in [0.5, 0.6) is 0 Å². The van der Waals surface area contributed by atoms with E-state index in [0.29, 0.717) is 13.0 Å². The van der Waals surface area contributed by atoms with Crippen molar-refractivity contribution >= 4 is 0 Å². The lowest BCUT2D eigenvalue weighted by Gasteiger charge is -2.43. The Kier molecular flexibility index (Phi) is 3.26. The highest BCUT2D eigenvalue weighted by molar-refractivity contribution is 5.04. The first-order chi connectivity index (χ1) is 7.19. The van der Waals surface area contributed by atoms with E-state index in [1.807, 2.05) is 6.92 Å². The van der Waals surface area contributed by atoms with Gasteiger partial charge in [-0.05, 0) is 38.3 Å². The molecule has 2 rings (SSSR count). The number of halogens is 2. The van der Waals surface area contributed by atoms with Gasteiger partial charge >= 0.3 is 0 Å². The number of nitrogens with one attached hydrogen (secondary N) is 1. The molecule has 0 aliphatic carbocycles. The summed E-state index contributed by atoms with van der Waals surface area (Å²) in [6, 6.07) is 0. The van der Waals surface area contributed by atoms with E-state index in [4.69, 9.17) is 0 Å². The Hall–Kier alpha value is -0.220. The number of hydrogen-bond acceptors (Lipinski definition) is 2. The van der Waals surface area contributed by atoms with Gasteiger partial charge in [0.2, 0.25) is 0 Å². The van der Waals surface area contributed by atoms with Crippen LogP contribution in [-0.2, 0) is 0 Å². The molecular weight excluding hydrogens is 198 g/mol. The molecule has 2 saturated heterocycles.